The summed E-state index contributed by atoms with van der Waals surface area (Å²) < 4.78 is 5.30. The van der Waals surface area contributed by atoms with E-state index in [1.807, 2.05) is 13.8 Å². The number of hydrogen-bond donors (Lipinski definition) is 1. The van der Waals surface area contributed by atoms with Gasteiger partial charge in [0.05, 0.1) is 6.10 Å². The van der Waals surface area contributed by atoms with Crippen molar-refractivity contribution in [1.82, 2.24) is 4.90 Å². The zero-order valence-corrected chi connectivity index (χ0v) is 10.5. The van der Waals surface area contributed by atoms with E-state index in [0.29, 0.717) is 12.8 Å². The van der Waals surface area contributed by atoms with Crippen LogP contribution in [0.15, 0.2) is 0 Å². The van der Waals surface area contributed by atoms with E-state index >= 15 is 0 Å². The molecule has 0 bridgehead atoms. The normalized spacial score (nSPS) is 30.6. The minimum absolute atomic E-state index is 0.239. The lowest BCUT2D eigenvalue weighted by atomic mass is 9.79. The maximum Gasteiger partial charge on any atom is 0.324 e. The van der Waals surface area contributed by atoms with Crippen LogP contribution in [0.3, 0.4) is 0 Å². The highest BCUT2D eigenvalue weighted by molar-refractivity contribution is 5.79. The molecule has 0 amide bonds. The van der Waals surface area contributed by atoms with Crippen LogP contribution >= 0.6 is 0 Å². The average molecular weight is 229 g/mol. The highest BCUT2D eigenvalue weighted by Gasteiger charge is 2.45. The fourth-order valence-corrected chi connectivity index (χ4v) is 2.80. The molecule has 4 nitrogen and oxygen atoms in total. The molecule has 0 spiro atoms. The number of nitrogens with zero attached hydrogens (tertiary/aromatic N) is 1. The first-order chi connectivity index (χ1) is 7.60. The lowest BCUT2D eigenvalue weighted by molar-refractivity contribution is -0.156. The van der Waals surface area contributed by atoms with Crippen LogP contribution in [0, 0.1) is 0 Å². The van der Waals surface area contributed by atoms with Crippen molar-refractivity contribution in [3.05, 3.63) is 0 Å². The fourth-order valence-electron chi connectivity index (χ4n) is 2.80. The summed E-state index contributed by atoms with van der Waals surface area (Å²) in [5.41, 5.74) is -0.654. The van der Waals surface area contributed by atoms with Crippen LogP contribution in [0.1, 0.15) is 39.5 Å². The zero-order chi connectivity index (χ0) is 12.2. The van der Waals surface area contributed by atoms with Gasteiger partial charge < -0.3 is 9.84 Å². The van der Waals surface area contributed by atoms with Gasteiger partial charge in [-0.25, -0.2) is 0 Å². The van der Waals surface area contributed by atoms with E-state index in [9.17, 15) is 9.90 Å². The Morgan fingerprint density at radius 1 is 1.38 bits per heavy atom. The van der Waals surface area contributed by atoms with E-state index in [-0.39, 0.29) is 6.10 Å². The topological polar surface area (TPSA) is 49.8 Å². The third kappa shape index (κ3) is 2.38. The average Bonchev–Trinajstić information content (AvgIpc) is 2.31. The number of likely N-dealkylation sites (N-methyl/N-ethyl adjacent to an activating group) is 1. The van der Waals surface area contributed by atoms with Crippen molar-refractivity contribution in [2.75, 3.05) is 20.2 Å². The van der Waals surface area contributed by atoms with Gasteiger partial charge >= 0.3 is 5.97 Å². The molecule has 1 fully saturated rings. The van der Waals surface area contributed by atoms with Crippen LogP contribution in [-0.2, 0) is 9.53 Å². The molecule has 1 N–H and O–H groups in total. The van der Waals surface area contributed by atoms with E-state index in [1.54, 1.807) is 7.11 Å². The van der Waals surface area contributed by atoms with Crippen molar-refractivity contribution < 1.29 is 14.6 Å². The molecule has 16 heavy (non-hydrogen) atoms. The molecule has 0 aromatic rings. The second-order valence-corrected chi connectivity index (χ2v) is 4.44. The third-order valence-electron chi connectivity index (χ3n) is 3.86. The number of methoxy groups -OCH3 is 1. The van der Waals surface area contributed by atoms with Crippen molar-refractivity contribution >= 4 is 5.97 Å². The molecule has 0 aromatic heterocycles. The van der Waals surface area contributed by atoms with Crippen molar-refractivity contribution in [3.63, 3.8) is 0 Å². The van der Waals surface area contributed by atoms with Gasteiger partial charge in [0, 0.05) is 7.11 Å². The van der Waals surface area contributed by atoms with Crippen molar-refractivity contribution in [1.29, 1.82) is 0 Å². The predicted molar refractivity (Wildman–Crippen MR) is 62.6 cm³/mol. The zero-order valence-electron chi connectivity index (χ0n) is 10.5. The molecule has 0 heterocycles. The molecule has 1 saturated carbocycles. The monoisotopic (exact) mass is 229 g/mol. The van der Waals surface area contributed by atoms with Gasteiger partial charge in [-0.05, 0) is 38.8 Å². The highest BCUT2D eigenvalue weighted by Crippen LogP contribution is 2.35. The molecule has 4 heteroatoms. The Bertz CT molecular complexity index is 230. The van der Waals surface area contributed by atoms with Crippen molar-refractivity contribution in [3.8, 4) is 0 Å². The van der Waals surface area contributed by atoms with E-state index in [2.05, 4.69) is 4.90 Å². The number of carboxylic acids is 1. The molecule has 1 aliphatic carbocycles. The summed E-state index contributed by atoms with van der Waals surface area (Å²) in [6.07, 6.45) is 3.33. The largest absolute Gasteiger partial charge is 0.480 e. The minimum Gasteiger partial charge on any atom is -0.480 e. The molecule has 0 aromatic carbocycles. The smallest absolute Gasteiger partial charge is 0.324 e. The number of ether oxygens (including phenoxy) is 1. The molecule has 0 saturated heterocycles. The Hall–Kier alpha value is -0.610. The van der Waals surface area contributed by atoms with Gasteiger partial charge in [-0.3, -0.25) is 9.69 Å². The van der Waals surface area contributed by atoms with Crippen LogP contribution in [-0.4, -0.2) is 47.8 Å². The maximum atomic E-state index is 11.5. The molecular weight excluding hydrogens is 206 g/mol. The summed E-state index contributed by atoms with van der Waals surface area (Å²) in [7, 11) is 1.70. The number of hydrogen-bond acceptors (Lipinski definition) is 3. The number of carbonyl (C=O) groups is 1. The Balaban J connectivity index is 2.79. The maximum absolute atomic E-state index is 11.5. The van der Waals surface area contributed by atoms with Crippen LogP contribution in [0.2, 0.25) is 0 Å². The summed E-state index contributed by atoms with van der Waals surface area (Å²) in [5, 5.41) is 9.50. The first-order valence-electron chi connectivity index (χ1n) is 6.12. The van der Waals surface area contributed by atoms with Gasteiger partial charge in [-0.2, -0.15) is 0 Å². The lowest BCUT2D eigenvalue weighted by Gasteiger charge is -2.43. The minimum atomic E-state index is -0.675. The van der Waals surface area contributed by atoms with Gasteiger partial charge in [0.1, 0.15) is 5.54 Å². The number of aliphatic carboxylic acids is 1. The molecule has 0 radical (unpaired) electrons. The highest BCUT2D eigenvalue weighted by atomic mass is 16.5. The molecule has 1 rings (SSSR count). The van der Waals surface area contributed by atoms with Crippen LogP contribution in [0.4, 0.5) is 0 Å². The molecule has 0 unspecified atom stereocenters. The second-order valence-electron chi connectivity index (χ2n) is 4.44. The van der Waals surface area contributed by atoms with Gasteiger partial charge in [-0.1, -0.05) is 13.8 Å². The Labute approximate surface area is 97.6 Å². The third-order valence-corrected chi connectivity index (χ3v) is 3.86. The SMILES string of the molecule is CCN(CC)C1(C(=O)O)CCC(OC)CC1. The van der Waals surface area contributed by atoms with E-state index in [1.165, 1.54) is 0 Å². The predicted octanol–water partition coefficient (Wildman–Crippen LogP) is 1.74. The van der Waals surface area contributed by atoms with E-state index < -0.39 is 11.5 Å². The molecule has 0 atom stereocenters. The summed E-state index contributed by atoms with van der Waals surface area (Å²) in [6, 6.07) is 0. The first kappa shape index (κ1) is 13.5. The van der Waals surface area contributed by atoms with Gasteiger partial charge in [0.25, 0.3) is 0 Å². The Morgan fingerprint density at radius 2 is 1.88 bits per heavy atom. The number of carboxylic acid groups (broad SMARTS) is 1. The van der Waals surface area contributed by atoms with E-state index in [4.69, 9.17) is 4.74 Å². The fraction of sp³-hybridized carbons (Fsp3) is 0.917. The molecule has 0 aliphatic heterocycles. The van der Waals surface area contributed by atoms with E-state index in [0.717, 1.165) is 25.9 Å². The summed E-state index contributed by atoms with van der Waals surface area (Å²) >= 11 is 0. The molecule has 94 valence electrons. The van der Waals surface area contributed by atoms with Gasteiger partial charge in [-0.15, -0.1) is 0 Å². The summed E-state index contributed by atoms with van der Waals surface area (Å²) in [4.78, 5) is 13.6. The Kier molecular flexibility index (Phi) is 4.74. The standard InChI is InChI=1S/C12H23NO3/c1-4-13(5-2)12(11(14)15)8-6-10(16-3)7-9-12/h10H,4-9H2,1-3H3,(H,14,15). The van der Waals surface area contributed by atoms with Crippen LogP contribution < -0.4 is 0 Å². The van der Waals surface area contributed by atoms with Crippen molar-refractivity contribution in [2.24, 2.45) is 0 Å². The number of rotatable bonds is 5. The second kappa shape index (κ2) is 5.64. The molecule has 1 aliphatic rings. The van der Waals surface area contributed by atoms with Crippen LogP contribution in [0.5, 0.6) is 0 Å². The van der Waals surface area contributed by atoms with Gasteiger partial charge in [0.15, 0.2) is 0 Å². The molecular formula is C12H23NO3. The van der Waals surface area contributed by atoms with Crippen LogP contribution in [0.25, 0.3) is 0 Å². The van der Waals surface area contributed by atoms with Gasteiger partial charge in [0.2, 0.25) is 0 Å². The van der Waals surface area contributed by atoms with Crippen molar-refractivity contribution in [2.45, 2.75) is 51.2 Å². The Morgan fingerprint density at radius 3 is 2.19 bits per heavy atom. The summed E-state index contributed by atoms with van der Waals surface area (Å²) in [6.45, 7) is 5.63. The quantitative estimate of drug-likeness (QED) is 0.780. The first-order valence-corrected chi connectivity index (χ1v) is 6.12. The lowest BCUT2D eigenvalue weighted by Crippen LogP contribution is -2.57. The summed E-state index contributed by atoms with van der Waals surface area (Å²) in [5.74, 6) is -0.675.